The van der Waals surface area contributed by atoms with Crippen LogP contribution in [0.15, 0.2) is 47.6 Å². The highest BCUT2D eigenvalue weighted by molar-refractivity contribution is 6.31. The number of hydrogen-bond acceptors (Lipinski definition) is 4. The Hall–Kier alpha value is -2.46. The number of hydrogen-bond donors (Lipinski definition) is 0. The summed E-state index contributed by atoms with van der Waals surface area (Å²) in [5, 5.41) is 4.36. The van der Waals surface area contributed by atoms with Crippen molar-refractivity contribution in [3.63, 3.8) is 0 Å². The smallest absolute Gasteiger partial charge is 0.125 e. The molecule has 0 aliphatic rings. The van der Waals surface area contributed by atoms with Crippen LogP contribution in [0.5, 0.6) is 11.5 Å². The van der Waals surface area contributed by atoms with E-state index < -0.39 is 0 Å². The van der Waals surface area contributed by atoms with E-state index in [0.29, 0.717) is 18.2 Å². The van der Waals surface area contributed by atoms with Crippen LogP contribution in [0.3, 0.4) is 0 Å². The van der Waals surface area contributed by atoms with Crippen molar-refractivity contribution < 1.29 is 14.3 Å². The lowest BCUT2D eigenvalue weighted by Gasteiger charge is -2.15. The summed E-state index contributed by atoms with van der Waals surface area (Å²) >= 11 is 6.34. The quantitative estimate of drug-likeness (QED) is 0.350. The highest BCUT2D eigenvalue weighted by Gasteiger charge is 2.09. The Bertz CT molecular complexity index is 777. The van der Waals surface area contributed by atoms with Crippen molar-refractivity contribution in [2.75, 3.05) is 13.7 Å². The van der Waals surface area contributed by atoms with Crippen LogP contribution >= 0.6 is 11.6 Å². The number of allylic oxidation sites excluding steroid dienone is 1. The van der Waals surface area contributed by atoms with E-state index in [1.807, 2.05) is 63.3 Å². The molecule has 0 saturated heterocycles. The fourth-order valence-corrected chi connectivity index (χ4v) is 2.73. The standard InChI is InChI=1S/C21H24ClNO3/c1-5-6-9-25-19-10-15(2)21(16(3)11-19)26-14-18-8-7-17(12-20(18)22)13-23-24-4/h5-8,10-13H,9,14H2,1-4H3/b6-5+,23-13?. The molecule has 4 nitrogen and oxygen atoms in total. The molecule has 0 radical (unpaired) electrons. The lowest BCUT2D eigenvalue weighted by Crippen LogP contribution is -2.01. The van der Waals surface area contributed by atoms with Crippen molar-refractivity contribution in [2.45, 2.75) is 27.4 Å². The second kappa shape index (κ2) is 9.88. The number of benzene rings is 2. The lowest BCUT2D eigenvalue weighted by molar-refractivity contribution is 0.215. The monoisotopic (exact) mass is 373 g/mol. The van der Waals surface area contributed by atoms with Crippen LogP contribution in [0.4, 0.5) is 0 Å². The Labute approximate surface area is 160 Å². The molecule has 0 unspecified atom stereocenters. The second-order valence-corrected chi connectivity index (χ2v) is 6.23. The number of ether oxygens (including phenoxy) is 2. The molecular formula is C21H24ClNO3. The molecular weight excluding hydrogens is 350 g/mol. The second-order valence-electron chi connectivity index (χ2n) is 5.82. The molecule has 138 valence electrons. The molecule has 2 aromatic carbocycles. The van der Waals surface area contributed by atoms with Gasteiger partial charge in [-0.25, -0.2) is 0 Å². The summed E-state index contributed by atoms with van der Waals surface area (Å²) in [5.41, 5.74) is 3.84. The van der Waals surface area contributed by atoms with Gasteiger partial charge in [0.1, 0.15) is 31.8 Å². The van der Waals surface area contributed by atoms with Crippen LogP contribution in [0, 0.1) is 13.8 Å². The zero-order chi connectivity index (χ0) is 18.9. The normalized spacial score (nSPS) is 11.3. The van der Waals surface area contributed by atoms with Gasteiger partial charge >= 0.3 is 0 Å². The van der Waals surface area contributed by atoms with Crippen LogP contribution < -0.4 is 9.47 Å². The molecule has 26 heavy (non-hydrogen) atoms. The molecule has 0 bridgehead atoms. The third-order valence-electron chi connectivity index (χ3n) is 3.77. The van der Waals surface area contributed by atoms with Crippen molar-refractivity contribution in [3.8, 4) is 11.5 Å². The summed E-state index contributed by atoms with van der Waals surface area (Å²) in [7, 11) is 1.50. The number of oxime groups is 1. The topological polar surface area (TPSA) is 40.0 Å². The maximum absolute atomic E-state index is 6.34. The first-order valence-corrected chi connectivity index (χ1v) is 8.76. The third-order valence-corrected chi connectivity index (χ3v) is 4.12. The van der Waals surface area contributed by atoms with Gasteiger partial charge in [0.15, 0.2) is 0 Å². The molecule has 0 aromatic heterocycles. The zero-order valence-corrected chi connectivity index (χ0v) is 16.3. The van der Waals surface area contributed by atoms with Crippen LogP contribution in [0.2, 0.25) is 5.02 Å². The SMILES string of the molecule is C/C=C/COc1cc(C)c(OCc2ccc(C=NOC)cc2Cl)c(C)c1. The van der Waals surface area contributed by atoms with E-state index in [0.717, 1.165) is 33.8 Å². The predicted molar refractivity (Wildman–Crippen MR) is 107 cm³/mol. The lowest BCUT2D eigenvalue weighted by atomic mass is 10.1. The van der Waals surface area contributed by atoms with Gasteiger partial charge in [-0.3, -0.25) is 0 Å². The molecule has 0 N–H and O–H groups in total. The van der Waals surface area contributed by atoms with Crippen LogP contribution in [0.25, 0.3) is 0 Å². The summed E-state index contributed by atoms with van der Waals surface area (Å²) in [4.78, 5) is 4.68. The van der Waals surface area contributed by atoms with Gasteiger partial charge < -0.3 is 14.3 Å². The van der Waals surface area contributed by atoms with Gasteiger partial charge in [-0.1, -0.05) is 41.0 Å². The number of halogens is 1. The summed E-state index contributed by atoms with van der Waals surface area (Å²) < 4.78 is 11.7. The number of nitrogens with zero attached hydrogens (tertiary/aromatic N) is 1. The molecule has 2 rings (SSSR count). The van der Waals surface area contributed by atoms with Gasteiger partial charge in [0.25, 0.3) is 0 Å². The van der Waals surface area contributed by atoms with E-state index >= 15 is 0 Å². The average molecular weight is 374 g/mol. The van der Waals surface area contributed by atoms with Gasteiger partial charge in [0.05, 0.1) is 6.21 Å². The van der Waals surface area contributed by atoms with Crippen molar-refractivity contribution >= 4 is 17.8 Å². The Morgan fingerprint density at radius 1 is 1.08 bits per heavy atom. The Morgan fingerprint density at radius 2 is 1.81 bits per heavy atom. The Kier molecular flexibility index (Phi) is 7.54. The first kappa shape index (κ1) is 19.9. The van der Waals surface area contributed by atoms with Gasteiger partial charge in [0.2, 0.25) is 0 Å². The molecule has 0 atom stereocenters. The van der Waals surface area contributed by atoms with Crippen molar-refractivity contribution in [3.05, 3.63) is 69.8 Å². The predicted octanol–water partition coefficient (Wildman–Crippen LogP) is 5.47. The third kappa shape index (κ3) is 5.53. The maximum Gasteiger partial charge on any atom is 0.125 e. The highest BCUT2D eigenvalue weighted by atomic mass is 35.5. The molecule has 2 aromatic rings. The van der Waals surface area contributed by atoms with E-state index in [1.165, 1.54) is 7.11 Å². The molecule has 0 spiro atoms. The largest absolute Gasteiger partial charge is 0.490 e. The molecule has 0 aliphatic heterocycles. The molecule has 0 amide bonds. The van der Waals surface area contributed by atoms with E-state index in [9.17, 15) is 0 Å². The van der Waals surface area contributed by atoms with E-state index in [-0.39, 0.29) is 0 Å². The molecule has 0 aliphatic carbocycles. The van der Waals surface area contributed by atoms with E-state index in [2.05, 4.69) is 9.99 Å². The minimum Gasteiger partial charge on any atom is -0.490 e. The number of aryl methyl sites for hydroxylation is 2. The fourth-order valence-electron chi connectivity index (χ4n) is 2.49. The summed E-state index contributed by atoms with van der Waals surface area (Å²) in [6, 6.07) is 9.65. The van der Waals surface area contributed by atoms with Crippen LogP contribution in [0.1, 0.15) is 29.2 Å². The van der Waals surface area contributed by atoms with Crippen molar-refractivity contribution in [1.82, 2.24) is 0 Å². The first-order chi connectivity index (χ1) is 12.5. The molecule has 0 fully saturated rings. The summed E-state index contributed by atoms with van der Waals surface area (Å²) in [6.45, 7) is 6.94. The van der Waals surface area contributed by atoms with Gasteiger partial charge in [-0.05, 0) is 55.7 Å². The van der Waals surface area contributed by atoms with Crippen molar-refractivity contribution in [2.24, 2.45) is 5.16 Å². The fraction of sp³-hybridized carbons (Fsp3) is 0.286. The minimum atomic E-state index is 0.390. The van der Waals surface area contributed by atoms with Crippen molar-refractivity contribution in [1.29, 1.82) is 0 Å². The van der Waals surface area contributed by atoms with Gasteiger partial charge in [-0.2, -0.15) is 0 Å². The highest BCUT2D eigenvalue weighted by Crippen LogP contribution is 2.30. The van der Waals surface area contributed by atoms with Gasteiger partial charge in [-0.15, -0.1) is 0 Å². The van der Waals surface area contributed by atoms with E-state index in [1.54, 1.807) is 6.21 Å². The van der Waals surface area contributed by atoms with Crippen LogP contribution in [-0.2, 0) is 11.4 Å². The van der Waals surface area contributed by atoms with Crippen LogP contribution in [-0.4, -0.2) is 19.9 Å². The zero-order valence-electron chi connectivity index (χ0n) is 15.6. The Morgan fingerprint density at radius 3 is 2.42 bits per heavy atom. The van der Waals surface area contributed by atoms with Gasteiger partial charge in [0, 0.05) is 10.6 Å². The minimum absolute atomic E-state index is 0.390. The first-order valence-electron chi connectivity index (χ1n) is 8.38. The summed E-state index contributed by atoms with van der Waals surface area (Å²) in [6.07, 6.45) is 5.54. The molecule has 0 saturated carbocycles. The molecule has 5 heteroatoms. The Balaban J connectivity index is 2.08. The molecule has 0 heterocycles. The maximum atomic E-state index is 6.34. The summed E-state index contributed by atoms with van der Waals surface area (Å²) in [5.74, 6) is 1.69. The average Bonchev–Trinajstić information content (AvgIpc) is 2.61. The number of rotatable bonds is 8. The van der Waals surface area contributed by atoms with E-state index in [4.69, 9.17) is 21.1 Å².